The minimum atomic E-state index is 0.108. The number of halogens is 1. The van der Waals surface area contributed by atoms with E-state index in [1.165, 1.54) is 5.56 Å². The molecule has 0 aliphatic heterocycles. The van der Waals surface area contributed by atoms with Gasteiger partial charge in [0.15, 0.2) is 0 Å². The second-order valence-electron chi connectivity index (χ2n) is 4.75. The van der Waals surface area contributed by atoms with Crippen LogP contribution in [0.15, 0.2) is 12.1 Å². The zero-order chi connectivity index (χ0) is 11.6. The molecule has 15 heavy (non-hydrogen) atoms. The quantitative estimate of drug-likeness (QED) is 0.824. The summed E-state index contributed by atoms with van der Waals surface area (Å²) in [6.45, 7) is 7.07. The van der Waals surface area contributed by atoms with E-state index in [-0.39, 0.29) is 5.41 Å². The van der Waals surface area contributed by atoms with Gasteiger partial charge in [0.2, 0.25) is 0 Å². The number of rotatable bonds is 2. The third-order valence-corrected chi connectivity index (χ3v) is 3.24. The van der Waals surface area contributed by atoms with Crippen LogP contribution < -0.4 is 5.73 Å². The number of aromatic hydroxyl groups is 1. The fourth-order valence-electron chi connectivity index (χ4n) is 1.44. The Morgan fingerprint density at radius 3 is 2.40 bits per heavy atom. The molecule has 1 aromatic rings. The van der Waals surface area contributed by atoms with Gasteiger partial charge in [0, 0.05) is 0 Å². The van der Waals surface area contributed by atoms with E-state index in [0.29, 0.717) is 12.3 Å². The van der Waals surface area contributed by atoms with Crippen molar-refractivity contribution in [3.05, 3.63) is 26.8 Å². The van der Waals surface area contributed by atoms with Crippen LogP contribution in [-0.4, -0.2) is 11.7 Å². The second kappa shape index (κ2) is 4.70. The summed E-state index contributed by atoms with van der Waals surface area (Å²) in [5, 5.41) is 9.86. The first-order valence-electron chi connectivity index (χ1n) is 5.08. The third kappa shape index (κ3) is 3.08. The standard InChI is InChI=1S/C12H18INO/c1-12(2,3)9-6-8(4-5-14)11(15)10(13)7-9/h6-7,15H,4-5,14H2,1-3H3. The van der Waals surface area contributed by atoms with E-state index in [9.17, 15) is 5.11 Å². The normalized spacial score (nSPS) is 11.8. The number of phenolic OH excluding ortho intramolecular Hbond substituents is 1. The Hall–Kier alpha value is -0.290. The van der Waals surface area contributed by atoms with Crippen molar-refractivity contribution in [2.45, 2.75) is 32.6 Å². The Morgan fingerprint density at radius 1 is 1.33 bits per heavy atom. The maximum Gasteiger partial charge on any atom is 0.132 e. The van der Waals surface area contributed by atoms with Crippen molar-refractivity contribution in [2.75, 3.05) is 6.54 Å². The van der Waals surface area contributed by atoms with Crippen molar-refractivity contribution in [3.8, 4) is 5.75 Å². The van der Waals surface area contributed by atoms with Crippen LogP contribution in [0.2, 0.25) is 0 Å². The van der Waals surface area contributed by atoms with Crippen molar-refractivity contribution in [1.29, 1.82) is 0 Å². The van der Waals surface area contributed by atoms with Gasteiger partial charge in [-0.3, -0.25) is 0 Å². The van der Waals surface area contributed by atoms with Gasteiger partial charge in [-0.2, -0.15) is 0 Å². The first kappa shape index (κ1) is 12.8. The fraction of sp³-hybridized carbons (Fsp3) is 0.500. The summed E-state index contributed by atoms with van der Waals surface area (Å²) in [7, 11) is 0. The molecule has 84 valence electrons. The Balaban J connectivity index is 3.23. The van der Waals surface area contributed by atoms with Gasteiger partial charge in [-0.15, -0.1) is 0 Å². The molecule has 0 aliphatic rings. The molecule has 0 saturated heterocycles. The summed E-state index contributed by atoms with van der Waals surface area (Å²) in [6.07, 6.45) is 0.728. The van der Waals surface area contributed by atoms with Crippen molar-refractivity contribution in [2.24, 2.45) is 5.73 Å². The van der Waals surface area contributed by atoms with Gasteiger partial charge in [0.1, 0.15) is 5.75 Å². The topological polar surface area (TPSA) is 46.2 Å². The molecule has 0 radical (unpaired) electrons. The molecule has 1 rings (SSSR count). The zero-order valence-corrected chi connectivity index (χ0v) is 11.6. The van der Waals surface area contributed by atoms with E-state index in [1.807, 2.05) is 6.07 Å². The van der Waals surface area contributed by atoms with Gasteiger partial charge < -0.3 is 10.8 Å². The molecule has 0 atom stereocenters. The van der Waals surface area contributed by atoms with E-state index in [0.717, 1.165) is 15.6 Å². The average molecular weight is 319 g/mol. The molecule has 0 aliphatic carbocycles. The molecule has 0 saturated carbocycles. The van der Waals surface area contributed by atoms with Crippen LogP contribution in [-0.2, 0) is 11.8 Å². The van der Waals surface area contributed by atoms with Crippen molar-refractivity contribution in [3.63, 3.8) is 0 Å². The SMILES string of the molecule is CC(C)(C)c1cc(I)c(O)c(CCN)c1. The van der Waals surface area contributed by atoms with Gasteiger partial charge in [-0.05, 0) is 58.2 Å². The number of benzene rings is 1. The molecular formula is C12H18INO. The average Bonchev–Trinajstić information content (AvgIpc) is 2.11. The number of hydrogen-bond donors (Lipinski definition) is 2. The highest BCUT2D eigenvalue weighted by Gasteiger charge is 2.17. The van der Waals surface area contributed by atoms with E-state index in [1.54, 1.807) is 0 Å². The molecule has 0 fully saturated rings. The second-order valence-corrected chi connectivity index (χ2v) is 5.92. The summed E-state index contributed by atoms with van der Waals surface area (Å²) in [5.74, 6) is 0.383. The van der Waals surface area contributed by atoms with Crippen molar-refractivity contribution < 1.29 is 5.11 Å². The maximum absolute atomic E-state index is 9.86. The van der Waals surface area contributed by atoms with Crippen molar-refractivity contribution >= 4 is 22.6 Å². The highest BCUT2D eigenvalue weighted by atomic mass is 127. The number of phenols is 1. The van der Waals surface area contributed by atoms with E-state index >= 15 is 0 Å². The van der Waals surface area contributed by atoms with Gasteiger partial charge in [0.25, 0.3) is 0 Å². The Kier molecular flexibility index (Phi) is 4.00. The third-order valence-electron chi connectivity index (χ3n) is 2.42. The van der Waals surface area contributed by atoms with Crippen LogP contribution in [0.5, 0.6) is 5.75 Å². The van der Waals surface area contributed by atoms with Crippen LogP contribution in [0.4, 0.5) is 0 Å². The lowest BCUT2D eigenvalue weighted by Crippen LogP contribution is -2.13. The van der Waals surface area contributed by atoms with Gasteiger partial charge >= 0.3 is 0 Å². The first-order chi connectivity index (χ1) is 6.86. The Labute approximate surface area is 105 Å². The lowest BCUT2D eigenvalue weighted by atomic mass is 9.85. The molecule has 0 amide bonds. The summed E-state index contributed by atoms with van der Waals surface area (Å²) >= 11 is 2.16. The summed E-state index contributed by atoms with van der Waals surface area (Å²) < 4.78 is 0.906. The van der Waals surface area contributed by atoms with Crippen LogP contribution in [0, 0.1) is 3.57 Å². The first-order valence-corrected chi connectivity index (χ1v) is 6.16. The molecule has 0 bridgehead atoms. The van der Waals surface area contributed by atoms with Gasteiger partial charge in [-0.25, -0.2) is 0 Å². The maximum atomic E-state index is 9.86. The monoisotopic (exact) mass is 319 g/mol. The minimum Gasteiger partial charge on any atom is -0.507 e. The number of hydrogen-bond acceptors (Lipinski definition) is 2. The fourth-order valence-corrected chi connectivity index (χ4v) is 2.12. The Bertz CT molecular complexity index is 355. The highest BCUT2D eigenvalue weighted by molar-refractivity contribution is 14.1. The highest BCUT2D eigenvalue weighted by Crippen LogP contribution is 2.31. The zero-order valence-electron chi connectivity index (χ0n) is 9.47. The molecular weight excluding hydrogens is 301 g/mol. The molecule has 0 aromatic heterocycles. The predicted octanol–water partition coefficient (Wildman–Crippen LogP) is 2.80. The molecule has 3 heteroatoms. The Morgan fingerprint density at radius 2 is 1.93 bits per heavy atom. The molecule has 1 aromatic carbocycles. The molecule has 0 unspecified atom stereocenters. The largest absolute Gasteiger partial charge is 0.507 e. The van der Waals surface area contributed by atoms with Crippen LogP contribution in [0.25, 0.3) is 0 Å². The van der Waals surface area contributed by atoms with Crippen LogP contribution in [0.1, 0.15) is 31.9 Å². The van der Waals surface area contributed by atoms with Gasteiger partial charge in [0.05, 0.1) is 3.57 Å². The summed E-state index contributed by atoms with van der Waals surface area (Å²) in [4.78, 5) is 0. The molecule has 0 heterocycles. The van der Waals surface area contributed by atoms with E-state index < -0.39 is 0 Å². The predicted molar refractivity (Wildman–Crippen MR) is 72.3 cm³/mol. The molecule has 3 N–H and O–H groups in total. The minimum absolute atomic E-state index is 0.108. The smallest absolute Gasteiger partial charge is 0.132 e. The number of nitrogens with two attached hydrogens (primary N) is 1. The van der Waals surface area contributed by atoms with E-state index in [2.05, 4.69) is 49.4 Å². The van der Waals surface area contributed by atoms with Crippen molar-refractivity contribution in [1.82, 2.24) is 0 Å². The molecule has 0 spiro atoms. The van der Waals surface area contributed by atoms with Crippen LogP contribution in [0.3, 0.4) is 0 Å². The summed E-state index contributed by atoms with van der Waals surface area (Å²) in [6, 6.07) is 4.10. The lowest BCUT2D eigenvalue weighted by Gasteiger charge is -2.21. The van der Waals surface area contributed by atoms with Gasteiger partial charge in [-0.1, -0.05) is 26.8 Å². The van der Waals surface area contributed by atoms with Crippen LogP contribution >= 0.6 is 22.6 Å². The molecule has 2 nitrogen and oxygen atoms in total. The van der Waals surface area contributed by atoms with E-state index in [4.69, 9.17) is 5.73 Å². The lowest BCUT2D eigenvalue weighted by molar-refractivity contribution is 0.462. The summed E-state index contributed by atoms with van der Waals surface area (Å²) in [5.41, 5.74) is 7.83.